The second-order valence-corrected chi connectivity index (χ2v) is 6.72. The van der Waals surface area contributed by atoms with Crippen molar-refractivity contribution in [3.05, 3.63) is 47.2 Å². The van der Waals surface area contributed by atoms with Gasteiger partial charge in [0.05, 0.1) is 26.0 Å². The van der Waals surface area contributed by atoms with Crippen molar-refractivity contribution in [2.75, 3.05) is 31.6 Å². The molecule has 25 heavy (non-hydrogen) atoms. The van der Waals surface area contributed by atoms with Crippen molar-refractivity contribution < 1.29 is 13.9 Å². The first-order valence-corrected chi connectivity index (χ1v) is 8.87. The molecule has 0 atom stereocenters. The summed E-state index contributed by atoms with van der Waals surface area (Å²) in [6.45, 7) is 5.09. The van der Waals surface area contributed by atoms with Crippen LogP contribution in [0.4, 0.5) is 5.69 Å². The van der Waals surface area contributed by atoms with Gasteiger partial charge < -0.3 is 19.4 Å². The first kappa shape index (κ1) is 16.1. The molecule has 2 aliphatic rings. The molecule has 1 aromatic carbocycles. The quantitative estimate of drug-likeness (QED) is 0.906. The van der Waals surface area contributed by atoms with Gasteiger partial charge in [-0.25, -0.2) is 4.98 Å². The van der Waals surface area contributed by atoms with E-state index >= 15 is 0 Å². The Bertz CT molecular complexity index is 761. The zero-order valence-electron chi connectivity index (χ0n) is 14.5. The molecule has 1 amide bonds. The molecule has 2 fully saturated rings. The van der Waals surface area contributed by atoms with Gasteiger partial charge in [-0.15, -0.1) is 0 Å². The number of aromatic nitrogens is 1. The van der Waals surface area contributed by atoms with Crippen LogP contribution < -0.4 is 5.32 Å². The van der Waals surface area contributed by atoms with Crippen molar-refractivity contribution >= 4 is 11.6 Å². The second-order valence-electron chi connectivity index (χ2n) is 6.72. The van der Waals surface area contributed by atoms with Gasteiger partial charge in [0.25, 0.3) is 5.91 Å². The van der Waals surface area contributed by atoms with Crippen LogP contribution >= 0.6 is 0 Å². The van der Waals surface area contributed by atoms with E-state index in [0.29, 0.717) is 44.7 Å². The summed E-state index contributed by atoms with van der Waals surface area (Å²) >= 11 is 0. The number of carbonyl (C=O) groups is 1. The number of morpholine rings is 1. The van der Waals surface area contributed by atoms with Crippen LogP contribution in [0.5, 0.6) is 0 Å². The van der Waals surface area contributed by atoms with Crippen molar-refractivity contribution in [2.45, 2.75) is 32.2 Å². The van der Waals surface area contributed by atoms with E-state index in [1.807, 2.05) is 36.2 Å². The number of ether oxygens (including phenoxy) is 1. The van der Waals surface area contributed by atoms with Crippen LogP contribution in [0.25, 0.3) is 0 Å². The van der Waals surface area contributed by atoms with Crippen molar-refractivity contribution in [1.82, 2.24) is 9.88 Å². The Hall–Kier alpha value is -2.34. The van der Waals surface area contributed by atoms with Crippen LogP contribution in [0.15, 0.2) is 28.8 Å². The highest BCUT2D eigenvalue weighted by Gasteiger charge is 2.27. The first-order chi connectivity index (χ1) is 12.2. The smallest absolute Gasteiger partial charge is 0.254 e. The number of benzene rings is 1. The number of amides is 1. The summed E-state index contributed by atoms with van der Waals surface area (Å²) in [6.07, 6.45) is 4.26. The predicted octanol–water partition coefficient (Wildman–Crippen LogP) is 2.94. The summed E-state index contributed by atoms with van der Waals surface area (Å²) in [6, 6.07) is 5.76. The van der Waals surface area contributed by atoms with Gasteiger partial charge in [0, 0.05) is 30.3 Å². The molecule has 0 radical (unpaired) electrons. The molecule has 4 rings (SSSR count). The van der Waals surface area contributed by atoms with Crippen LogP contribution in [0, 0.1) is 6.92 Å². The van der Waals surface area contributed by atoms with Crippen molar-refractivity contribution in [3.8, 4) is 0 Å². The predicted molar refractivity (Wildman–Crippen MR) is 93.7 cm³/mol. The van der Waals surface area contributed by atoms with Crippen molar-refractivity contribution in [2.24, 2.45) is 0 Å². The highest BCUT2D eigenvalue weighted by atomic mass is 16.5. The number of carbonyl (C=O) groups excluding carboxylic acids is 1. The molecule has 2 heterocycles. The molecule has 1 N–H and O–H groups in total. The molecule has 1 aromatic heterocycles. The Morgan fingerprint density at radius 1 is 1.32 bits per heavy atom. The van der Waals surface area contributed by atoms with Gasteiger partial charge in [-0.3, -0.25) is 4.79 Å². The summed E-state index contributed by atoms with van der Waals surface area (Å²) in [4.78, 5) is 18.7. The zero-order chi connectivity index (χ0) is 17.2. The monoisotopic (exact) mass is 341 g/mol. The third kappa shape index (κ3) is 3.69. The van der Waals surface area contributed by atoms with Gasteiger partial charge >= 0.3 is 0 Å². The van der Waals surface area contributed by atoms with E-state index in [1.165, 1.54) is 12.8 Å². The van der Waals surface area contributed by atoms with Gasteiger partial charge in [0.2, 0.25) is 5.89 Å². The lowest BCUT2D eigenvalue weighted by atomic mass is 10.1. The van der Waals surface area contributed by atoms with E-state index in [1.54, 1.807) is 0 Å². The zero-order valence-corrected chi connectivity index (χ0v) is 14.5. The van der Waals surface area contributed by atoms with Crippen LogP contribution in [0.2, 0.25) is 0 Å². The number of hydrogen-bond acceptors (Lipinski definition) is 5. The number of anilines is 1. The molecule has 1 aliphatic heterocycles. The molecule has 1 saturated heterocycles. The summed E-state index contributed by atoms with van der Waals surface area (Å²) in [5.41, 5.74) is 2.75. The molecule has 1 aliphatic carbocycles. The van der Waals surface area contributed by atoms with Gasteiger partial charge in [-0.05, 0) is 43.5 Å². The van der Waals surface area contributed by atoms with E-state index < -0.39 is 0 Å². The van der Waals surface area contributed by atoms with Crippen molar-refractivity contribution in [3.63, 3.8) is 0 Å². The Labute approximate surface area is 147 Å². The average Bonchev–Trinajstić information content (AvgIpc) is 3.39. The Morgan fingerprint density at radius 2 is 2.12 bits per heavy atom. The van der Waals surface area contributed by atoms with E-state index in [4.69, 9.17) is 9.15 Å². The normalized spacial score (nSPS) is 17.6. The largest absolute Gasteiger partial charge is 0.444 e. The first-order valence-electron chi connectivity index (χ1n) is 8.87. The third-order valence-electron chi connectivity index (χ3n) is 4.75. The van der Waals surface area contributed by atoms with Crippen LogP contribution in [-0.2, 0) is 11.3 Å². The minimum Gasteiger partial charge on any atom is -0.444 e. The molecule has 0 bridgehead atoms. The highest BCUT2D eigenvalue weighted by molar-refractivity contribution is 5.95. The van der Waals surface area contributed by atoms with E-state index in [2.05, 4.69) is 10.3 Å². The fraction of sp³-hybridized carbons (Fsp3) is 0.474. The Morgan fingerprint density at radius 3 is 2.84 bits per heavy atom. The number of oxazole rings is 1. The summed E-state index contributed by atoms with van der Waals surface area (Å²) < 4.78 is 11.1. The van der Waals surface area contributed by atoms with Gasteiger partial charge in [-0.2, -0.15) is 0 Å². The Kier molecular flexibility index (Phi) is 4.44. The summed E-state index contributed by atoms with van der Waals surface area (Å²) in [5.74, 6) is 2.35. The van der Waals surface area contributed by atoms with Crippen LogP contribution in [-0.4, -0.2) is 42.1 Å². The lowest BCUT2D eigenvalue weighted by molar-refractivity contribution is 0.0303. The number of aryl methyl sites for hydroxylation is 1. The lowest BCUT2D eigenvalue weighted by Gasteiger charge is -2.27. The van der Waals surface area contributed by atoms with Crippen LogP contribution in [0.1, 0.15) is 46.3 Å². The SMILES string of the molecule is Cc1cc(C(=O)N2CCOCC2)ccc1NCc1ncc(C2CC2)o1. The topological polar surface area (TPSA) is 67.6 Å². The maximum Gasteiger partial charge on any atom is 0.254 e. The summed E-state index contributed by atoms with van der Waals surface area (Å²) in [7, 11) is 0. The second kappa shape index (κ2) is 6.88. The molecule has 0 unspecified atom stereocenters. The fourth-order valence-electron chi connectivity index (χ4n) is 3.08. The molecular weight excluding hydrogens is 318 g/mol. The molecule has 2 aromatic rings. The van der Waals surface area contributed by atoms with E-state index in [9.17, 15) is 4.79 Å². The molecule has 1 saturated carbocycles. The molecule has 6 heteroatoms. The van der Waals surface area contributed by atoms with E-state index in [-0.39, 0.29) is 5.91 Å². The average molecular weight is 341 g/mol. The minimum absolute atomic E-state index is 0.0692. The third-order valence-corrected chi connectivity index (χ3v) is 4.75. The van der Waals surface area contributed by atoms with Gasteiger partial charge in [-0.1, -0.05) is 0 Å². The number of rotatable bonds is 5. The van der Waals surface area contributed by atoms with E-state index in [0.717, 1.165) is 22.6 Å². The molecule has 0 spiro atoms. The lowest BCUT2D eigenvalue weighted by Crippen LogP contribution is -2.40. The van der Waals surface area contributed by atoms with Gasteiger partial charge in [0.15, 0.2) is 0 Å². The number of nitrogens with one attached hydrogen (secondary N) is 1. The molecule has 132 valence electrons. The van der Waals surface area contributed by atoms with Crippen LogP contribution in [0.3, 0.4) is 0 Å². The highest BCUT2D eigenvalue weighted by Crippen LogP contribution is 2.40. The molecule has 6 nitrogen and oxygen atoms in total. The summed E-state index contributed by atoms with van der Waals surface area (Å²) in [5, 5.41) is 3.35. The van der Waals surface area contributed by atoms with Gasteiger partial charge in [0.1, 0.15) is 5.76 Å². The van der Waals surface area contributed by atoms with Crippen molar-refractivity contribution in [1.29, 1.82) is 0 Å². The minimum atomic E-state index is 0.0692. The fourth-order valence-corrected chi connectivity index (χ4v) is 3.08. The standard InChI is InChI=1S/C19H23N3O3/c1-13-10-15(19(23)22-6-8-24-9-7-22)4-5-16(13)20-12-18-21-11-17(25-18)14-2-3-14/h4-5,10-11,14,20H,2-3,6-9,12H2,1H3. The maximum absolute atomic E-state index is 12.5. The number of hydrogen-bond donors (Lipinski definition) is 1. The maximum atomic E-state index is 12.5. The molecular formula is C19H23N3O3. The Balaban J connectivity index is 1.39. The number of nitrogens with zero attached hydrogens (tertiary/aromatic N) is 2.